The lowest BCUT2D eigenvalue weighted by molar-refractivity contribution is -0.123. The van der Waals surface area contributed by atoms with Crippen molar-refractivity contribution in [1.82, 2.24) is 9.21 Å². The lowest BCUT2D eigenvalue weighted by atomic mass is 9.97. The smallest absolute Gasteiger partial charge is 0.253 e. The van der Waals surface area contributed by atoms with Gasteiger partial charge in [-0.2, -0.15) is 0 Å². The number of carbonyl (C=O) groups is 2. The summed E-state index contributed by atoms with van der Waals surface area (Å²) < 4.78 is 26.8. The second kappa shape index (κ2) is 9.70. The Labute approximate surface area is 189 Å². The maximum Gasteiger partial charge on any atom is 0.253 e. The number of likely N-dealkylation sites (tertiary alicyclic amines) is 1. The lowest BCUT2D eigenvalue weighted by Crippen LogP contribution is -2.44. The first-order chi connectivity index (χ1) is 15.1. The number of hydrogen-bond acceptors (Lipinski definition) is 5. The number of primary amides is 1. The zero-order chi connectivity index (χ0) is 23.5. The predicted molar refractivity (Wildman–Crippen MR) is 124 cm³/mol. The zero-order valence-electron chi connectivity index (χ0n) is 18.7. The SMILES string of the molecule is Cc1ccccc1CNc1cc(C(=O)N2CCC[C@@H](C(N)=O)C2)cc(S(=O)(=O)N(C)C)c1. The highest BCUT2D eigenvalue weighted by molar-refractivity contribution is 7.89. The molecule has 2 amide bonds. The maximum absolute atomic E-state index is 13.2. The fourth-order valence-electron chi connectivity index (χ4n) is 3.77. The number of aryl methyl sites for hydroxylation is 1. The van der Waals surface area contributed by atoms with E-state index in [1.54, 1.807) is 11.0 Å². The fourth-order valence-corrected chi connectivity index (χ4v) is 4.74. The number of nitrogens with zero attached hydrogens (tertiary/aromatic N) is 2. The van der Waals surface area contributed by atoms with E-state index in [0.717, 1.165) is 15.4 Å². The van der Waals surface area contributed by atoms with E-state index >= 15 is 0 Å². The molecule has 1 aliphatic heterocycles. The van der Waals surface area contributed by atoms with Crippen LogP contribution in [0.5, 0.6) is 0 Å². The third kappa shape index (κ3) is 5.28. The molecule has 0 saturated carbocycles. The van der Waals surface area contributed by atoms with Crippen molar-refractivity contribution < 1.29 is 18.0 Å². The highest BCUT2D eigenvalue weighted by Gasteiger charge is 2.29. The van der Waals surface area contributed by atoms with Gasteiger partial charge in [-0.15, -0.1) is 0 Å². The van der Waals surface area contributed by atoms with Crippen LogP contribution in [0.4, 0.5) is 5.69 Å². The Balaban J connectivity index is 1.94. The van der Waals surface area contributed by atoms with Crippen molar-refractivity contribution in [2.45, 2.75) is 31.2 Å². The van der Waals surface area contributed by atoms with Gasteiger partial charge in [0.1, 0.15) is 0 Å². The van der Waals surface area contributed by atoms with Crippen LogP contribution < -0.4 is 11.1 Å². The van der Waals surface area contributed by atoms with E-state index in [2.05, 4.69) is 5.32 Å². The van der Waals surface area contributed by atoms with Gasteiger partial charge < -0.3 is 16.0 Å². The molecule has 172 valence electrons. The number of sulfonamides is 1. The number of carbonyl (C=O) groups excluding carboxylic acids is 2. The molecule has 9 heteroatoms. The number of benzene rings is 2. The second-order valence-electron chi connectivity index (χ2n) is 8.31. The average molecular weight is 459 g/mol. The topological polar surface area (TPSA) is 113 Å². The largest absolute Gasteiger partial charge is 0.381 e. The summed E-state index contributed by atoms with van der Waals surface area (Å²) in [5, 5.41) is 3.25. The van der Waals surface area contributed by atoms with Crippen LogP contribution in [0.15, 0.2) is 47.4 Å². The second-order valence-corrected chi connectivity index (χ2v) is 10.5. The summed E-state index contributed by atoms with van der Waals surface area (Å²) >= 11 is 0. The molecule has 3 rings (SSSR count). The molecule has 0 spiro atoms. The first-order valence-corrected chi connectivity index (χ1v) is 12.0. The molecule has 1 atom stereocenters. The van der Waals surface area contributed by atoms with Gasteiger partial charge in [-0.05, 0) is 49.1 Å². The molecule has 0 unspecified atom stereocenters. The Morgan fingerprint density at radius 2 is 1.91 bits per heavy atom. The molecule has 32 heavy (non-hydrogen) atoms. The molecule has 1 aliphatic rings. The highest BCUT2D eigenvalue weighted by Crippen LogP contribution is 2.25. The lowest BCUT2D eigenvalue weighted by Gasteiger charge is -2.31. The van der Waals surface area contributed by atoms with Crippen LogP contribution in [0.1, 0.15) is 34.3 Å². The third-order valence-corrected chi connectivity index (χ3v) is 7.58. The van der Waals surface area contributed by atoms with E-state index < -0.39 is 15.9 Å². The van der Waals surface area contributed by atoms with Crippen LogP contribution in [0.2, 0.25) is 0 Å². The van der Waals surface area contributed by atoms with Crippen molar-refractivity contribution >= 4 is 27.5 Å². The monoisotopic (exact) mass is 458 g/mol. The van der Waals surface area contributed by atoms with Crippen molar-refractivity contribution in [2.24, 2.45) is 11.7 Å². The molecule has 2 aromatic carbocycles. The summed E-state index contributed by atoms with van der Waals surface area (Å²) in [6.07, 6.45) is 1.32. The summed E-state index contributed by atoms with van der Waals surface area (Å²) in [6, 6.07) is 12.5. The molecular weight excluding hydrogens is 428 g/mol. The quantitative estimate of drug-likeness (QED) is 0.660. The molecule has 0 aromatic heterocycles. The van der Waals surface area contributed by atoms with Gasteiger partial charge in [-0.3, -0.25) is 9.59 Å². The van der Waals surface area contributed by atoms with E-state index in [1.165, 1.54) is 26.2 Å². The summed E-state index contributed by atoms with van der Waals surface area (Å²) in [4.78, 5) is 26.5. The first kappa shape index (κ1) is 23.7. The van der Waals surface area contributed by atoms with Crippen molar-refractivity contribution in [3.8, 4) is 0 Å². The number of amides is 2. The Hall–Kier alpha value is -2.91. The van der Waals surface area contributed by atoms with E-state index in [4.69, 9.17) is 5.73 Å². The molecular formula is C23H30N4O4S. The standard InChI is InChI=1S/C23H30N4O4S/c1-16-7-4-5-8-17(16)14-25-20-11-19(12-21(13-20)32(30,31)26(2)3)23(29)27-10-6-9-18(15-27)22(24)28/h4-5,7-8,11-13,18,25H,6,9-10,14-15H2,1-3H3,(H2,24,28)/t18-/m1/s1. The normalized spacial score (nSPS) is 16.8. The number of piperidine rings is 1. The summed E-state index contributed by atoms with van der Waals surface area (Å²) in [5.74, 6) is -1.13. The van der Waals surface area contributed by atoms with Crippen molar-refractivity contribution in [3.05, 3.63) is 59.2 Å². The number of nitrogens with two attached hydrogens (primary N) is 1. The minimum atomic E-state index is -3.75. The molecule has 3 N–H and O–H groups in total. The number of hydrogen-bond donors (Lipinski definition) is 2. The van der Waals surface area contributed by atoms with E-state index in [0.29, 0.717) is 31.6 Å². The van der Waals surface area contributed by atoms with Crippen molar-refractivity contribution in [3.63, 3.8) is 0 Å². The average Bonchev–Trinajstić information content (AvgIpc) is 2.77. The molecule has 1 fully saturated rings. The number of rotatable bonds is 7. The minimum absolute atomic E-state index is 0.0316. The van der Waals surface area contributed by atoms with Crippen LogP contribution in [0.25, 0.3) is 0 Å². The third-order valence-electron chi connectivity index (χ3n) is 5.79. The molecule has 8 nitrogen and oxygen atoms in total. The van der Waals surface area contributed by atoms with Crippen molar-refractivity contribution in [1.29, 1.82) is 0 Å². The number of anilines is 1. The molecule has 2 aromatic rings. The van der Waals surface area contributed by atoms with Crippen LogP contribution in [0.3, 0.4) is 0 Å². The van der Waals surface area contributed by atoms with Crippen LogP contribution in [-0.4, -0.2) is 56.6 Å². The Morgan fingerprint density at radius 3 is 2.56 bits per heavy atom. The van der Waals surface area contributed by atoms with Crippen LogP contribution >= 0.6 is 0 Å². The summed E-state index contributed by atoms with van der Waals surface area (Å²) in [6.45, 7) is 3.23. The molecule has 0 radical (unpaired) electrons. The van der Waals surface area contributed by atoms with Gasteiger partial charge >= 0.3 is 0 Å². The van der Waals surface area contributed by atoms with Crippen LogP contribution in [-0.2, 0) is 21.4 Å². The Bertz CT molecular complexity index is 1110. The molecule has 0 bridgehead atoms. The summed E-state index contributed by atoms with van der Waals surface area (Å²) in [7, 11) is -0.851. The van der Waals surface area contributed by atoms with Crippen LogP contribution in [0, 0.1) is 12.8 Å². The van der Waals surface area contributed by atoms with Gasteiger partial charge in [0.2, 0.25) is 15.9 Å². The fraction of sp³-hybridized carbons (Fsp3) is 0.391. The van der Waals surface area contributed by atoms with Gasteiger partial charge in [0.25, 0.3) is 5.91 Å². The minimum Gasteiger partial charge on any atom is -0.381 e. The van der Waals surface area contributed by atoms with Gasteiger partial charge in [0, 0.05) is 45.0 Å². The van der Waals surface area contributed by atoms with Gasteiger partial charge in [-0.1, -0.05) is 24.3 Å². The van der Waals surface area contributed by atoms with Gasteiger partial charge in [0.05, 0.1) is 10.8 Å². The van der Waals surface area contributed by atoms with Gasteiger partial charge in [0.15, 0.2) is 0 Å². The zero-order valence-corrected chi connectivity index (χ0v) is 19.5. The summed E-state index contributed by atoms with van der Waals surface area (Å²) in [5.41, 5.74) is 8.41. The molecule has 1 saturated heterocycles. The highest BCUT2D eigenvalue weighted by atomic mass is 32.2. The Morgan fingerprint density at radius 1 is 1.19 bits per heavy atom. The molecule has 0 aliphatic carbocycles. The van der Waals surface area contributed by atoms with E-state index in [1.807, 2.05) is 31.2 Å². The van der Waals surface area contributed by atoms with Gasteiger partial charge in [-0.25, -0.2) is 12.7 Å². The first-order valence-electron chi connectivity index (χ1n) is 10.5. The molecule has 1 heterocycles. The van der Waals surface area contributed by atoms with Crippen molar-refractivity contribution in [2.75, 3.05) is 32.5 Å². The van der Waals surface area contributed by atoms with E-state index in [-0.39, 0.29) is 28.8 Å². The Kier molecular flexibility index (Phi) is 7.20. The predicted octanol–water partition coefficient (Wildman–Crippen LogP) is 2.19. The number of nitrogens with one attached hydrogen (secondary N) is 1. The maximum atomic E-state index is 13.2. The van der Waals surface area contributed by atoms with E-state index in [9.17, 15) is 18.0 Å².